The van der Waals surface area contributed by atoms with Gasteiger partial charge in [-0.25, -0.2) is 9.97 Å². The predicted octanol–water partition coefficient (Wildman–Crippen LogP) is 2.01. The molecule has 0 radical (unpaired) electrons. The monoisotopic (exact) mass is 366 g/mol. The van der Waals surface area contributed by atoms with Crippen LogP contribution in [-0.4, -0.2) is 37.6 Å². The molecule has 0 aromatic carbocycles. The van der Waals surface area contributed by atoms with Crippen LogP contribution in [-0.2, 0) is 11.3 Å². The molecule has 1 saturated heterocycles. The lowest BCUT2D eigenvalue weighted by Gasteiger charge is -2.07. The van der Waals surface area contributed by atoms with E-state index in [-0.39, 0.29) is 18.6 Å². The summed E-state index contributed by atoms with van der Waals surface area (Å²) in [6.07, 6.45) is 6.57. The smallest absolute Gasteiger partial charge is 0.255 e. The summed E-state index contributed by atoms with van der Waals surface area (Å²) in [5, 5.41) is 6.65. The summed E-state index contributed by atoms with van der Waals surface area (Å²) in [6, 6.07) is 3.67. The number of aryl methyl sites for hydroxylation is 1. The lowest BCUT2D eigenvalue weighted by molar-refractivity contribution is 0.0835. The number of nitrogens with zero attached hydrogens (tertiary/aromatic N) is 5. The Bertz CT molecular complexity index is 937. The molecule has 3 aromatic rings. The number of carbonyl (C=O) groups excluding carboxylic acids is 1. The molecule has 0 spiro atoms. The topological polar surface area (TPSA) is 116 Å². The van der Waals surface area contributed by atoms with Crippen LogP contribution in [0.4, 0.5) is 0 Å². The number of amides is 1. The van der Waals surface area contributed by atoms with Crippen molar-refractivity contribution in [1.82, 2.24) is 30.4 Å². The van der Waals surface area contributed by atoms with Gasteiger partial charge in [0.25, 0.3) is 11.8 Å². The Morgan fingerprint density at radius 1 is 1.33 bits per heavy atom. The quantitative estimate of drug-likeness (QED) is 0.729. The summed E-state index contributed by atoms with van der Waals surface area (Å²) < 4.78 is 10.7. The fourth-order valence-corrected chi connectivity index (χ4v) is 2.82. The van der Waals surface area contributed by atoms with Crippen LogP contribution in [0.25, 0.3) is 11.4 Å². The number of hydrogen-bond acceptors (Lipinski definition) is 8. The number of rotatable bonds is 5. The Balaban J connectivity index is 1.41. The van der Waals surface area contributed by atoms with Gasteiger partial charge in [-0.15, -0.1) is 0 Å². The number of ether oxygens (including phenoxy) is 1. The highest BCUT2D eigenvalue weighted by Gasteiger charge is 2.24. The number of nitrogens with one attached hydrogen (secondary N) is 1. The number of aromatic nitrogens is 5. The van der Waals surface area contributed by atoms with Gasteiger partial charge in [-0.3, -0.25) is 9.78 Å². The van der Waals surface area contributed by atoms with Crippen LogP contribution in [0.15, 0.2) is 35.2 Å². The highest BCUT2D eigenvalue weighted by molar-refractivity contribution is 5.94. The molecular formula is C18H18N6O3. The lowest BCUT2D eigenvalue weighted by atomic mass is 10.2. The van der Waals surface area contributed by atoms with Gasteiger partial charge in [0.2, 0.25) is 0 Å². The van der Waals surface area contributed by atoms with E-state index in [9.17, 15) is 4.79 Å². The van der Waals surface area contributed by atoms with E-state index >= 15 is 0 Å². The number of hydrogen-bond donors (Lipinski definition) is 1. The van der Waals surface area contributed by atoms with Crippen LogP contribution in [0, 0.1) is 6.92 Å². The molecule has 1 unspecified atom stereocenters. The largest absolute Gasteiger partial charge is 0.368 e. The van der Waals surface area contributed by atoms with Gasteiger partial charge in [-0.05, 0) is 31.9 Å². The predicted molar refractivity (Wildman–Crippen MR) is 93.4 cm³/mol. The van der Waals surface area contributed by atoms with Crippen LogP contribution in [0.1, 0.15) is 46.7 Å². The molecule has 138 valence electrons. The molecule has 0 aliphatic carbocycles. The Hall–Kier alpha value is -3.20. The van der Waals surface area contributed by atoms with Gasteiger partial charge < -0.3 is 14.6 Å². The van der Waals surface area contributed by atoms with E-state index in [1.165, 1.54) is 6.20 Å². The van der Waals surface area contributed by atoms with E-state index in [2.05, 4.69) is 30.4 Å². The molecule has 9 nitrogen and oxygen atoms in total. The van der Waals surface area contributed by atoms with E-state index < -0.39 is 0 Å². The molecule has 1 fully saturated rings. The highest BCUT2D eigenvalue weighted by Crippen LogP contribution is 2.26. The fourth-order valence-electron chi connectivity index (χ4n) is 2.82. The maximum Gasteiger partial charge on any atom is 0.255 e. The molecule has 27 heavy (non-hydrogen) atoms. The first-order valence-electron chi connectivity index (χ1n) is 8.67. The summed E-state index contributed by atoms with van der Waals surface area (Å²) in [4.78, 5) is 29.4. The summed E-state index contributed by atoms with van der Waals surface area (Å²) >= 11 is 0. The first-order valence-corrected chi connectivity index (χ1v) is 8.67. The molecule has 1 amide bonds. The van der Waals surface area contributed by atoms with E-state index in [0.717, 1.165) is 18.4 Å². The van der Waals surface area contributed by atoms with Gasteiger partial charge in [-0.1, -0.05) is 5.16 Å². The highest BCUT2D eigenvalue weighted by atomic mass is 16.5. The van der Waals surface area contributed by atoms with E-state index in [1.54, 1.807) is 19.3 Å². The molecule has 9 heteroatoms. The maximum absolute atomic E-state index is 12.4. The second kappa shape index (κ2) is 7.58. The normalized spacial score (nSPS) is 16.4. The SMILES string of the molecule is Cc1nc(-c2cccnc2)ncc1C(=O)NCc1noc(C2CCCO2)n1. The van der Waals surface area contributed by atoms with Crippen molar-refractivity contribution in [2.24, 2.45) is 0 Å². The van der Waals surface area contributed by atoms with Crippen molar-refractivity contribution in [3.63, 3.8) is 0 Å². The molecule has 1 aliphatic rings. The summed E-state index contributed by atoms with van der Waals surface area (Å²) in [5.41, 5.74) is 1.76. The Kier molecular flexibility index (Phi) is 4.84. The van der Waals surface area contributed by atoms with Gasteiger partial charge in [-0.2, -0.15) is 4.98 Å². The zero-order valence-corrected chi connectivity index (χ0v) is 14.8. The third-order valence-electron chi connectivity index (χ3n) is 4.24. The second-order valence-corrected chi connectivity index (χ2v) is 6.17. The van der Waals surface area contributed by atoms with Crippen LogP contribution in [0.5, 0.6) is 0 Å². The van der Waals surface area contributed by atoms with Crippen LogP contribution >= 0.6 is 0 Å². The standard InChI is InChI=1S/C18H18N6O3/c1-11-13(9-20-16(22-11)12-4-2-6-19-8-12)17(25)21-10-15-23-18(27-24-15)14-5-3-7-26-14/h2,4,6,8-9,14H,3,5,7,10H2,1H3,(H,21,25). The van der Waals surface area contributed by atoms with Crippen LogP contribution in [0.3, 0.4) is 0 Å². The second-order valence-electron chi connectivity index (χ2n) is 6.17. The zero-order chi connectivity index (χ0) is 18.6. The third-order valence-corrected chi connectivity index (χ3v) is 4.24. The number of carbonyl (C=O) groups is 1. The van der Waals surface area contributed by atoms with Crippen molar-refractivity contribution in [3.05, 3.63) is 53.7 Å². The molecule has 1 N–H and O–H groups in total. The lowest BCUT2D eigenvalue weighted by Crippen LogP contribution is -2.25. The Morgan fingerprint density at radius 3 is 3.00 bits per heavy atom. The molecule has 1 aliphatic heterocycles. The molecule has 4 rings (SSSR count). The Morgan fingerprint density at radius 2 is 2.26 bits per heavy atom. The van der Waals surface area contributed by atoms with Crippen molar-refractivity contribution in [2.45, 2.75) is 32.4 Å². The van der Waals surface area contributed by atoms with Crippen molar-refractivity contribution >= 4 is 5.91 Å². The third kappa shape index (κ3) is 3.82. The molecule has 0 bridgehead atoms. The summed E-state index contributed by atoms with van der Waals surface area (Å²) in [5.74, 6) is 1.08. The van der Waals surface area contributed by atoms with E-state index in [1.807, 2.05) is 12.1 Å². The first-order chi connectivity index (χ1) is 13.2. The average Bonchev–Trinajstić information content (AvgIpc) is 3.38. The van der Waals surface area contributed by atoms with Gasteiger partial charge in [0.1, 0.15) is 6.10 Å². The summed E-state index contributed by atoms with van der Waals surface area (Å²) in [7, 11) is 0. The van der Waals surface area contributed by atoms with Gasteiger partial charge in [0, 0.05) is 30.8 Å². The molecule has 3 aromatic heterocycles. The molecule has 0 saturated carbocycles. The van der Waals surface area contributed by atoms with Crippen LogP contribution in [0.2, 0.25) is 0 Å². The fraction of sp³-hybridized carbons (Fsp3) is 0.333. The van der Waals surface area contributed by atoms with Crippen molar-refractivity contribution < 1.29 is 14.1 Å². The molecule has 4 heterocycles. The van der Waals surface area contributed by atoms with Gasteiger partial charge >= 0.3 is 0 Å². The zero-order valence-electron chi connectivity index (χ0n) is 14.8. The molecular weight excluding hydrogens is 348 g/mol. The van der Waals surface area contributed by atoms with E-state index in [4.69, 9.17) is 9.26 Å². The molecule has 1 atom stereocenters. The minimum atomic E-state index is -0.297. The maximum atomic E-state index is 12.4. The van der Waals surface area contributed by atoms with Gasteiger partial charge in [0.15, 0.2) is 11.6 Å². The first kappa shape index (κ1) is 17.2. The number of pyridine rings is 1. The summed E-state index contributed by atoms with van der Waals surface area (Å²) in [6.45, 7) is 2.62. The minimum absolute atomic E-state index is 0.141. The van der Waals surface area contributed by atoms with Crippen molar-refractivity contribution in [3.8, 4) is 11.4 Å². The van der Waals surface area contributed by atoms with Crippen molar-refractivity contribution in [2.75, 3.05) is 6.61 Å². The van der Waals surface area contributed by atoms with Gasteiger partial charge in [0.05, 0.1) is 17.8 Å². The van der Waals surface area contributed by atoms with Crippen molar-refractivity contribution in [1.29, 1.82) is 0 Å². The van der Waals surface area contributed by atoms with E-state index in [0.29, 0.717) is 35.4 Å². The Labute approximate surface area is 155 Å². The minimum Gasteiger partial charge on any atom is -0.368 e. The van der Waals surface area contributed by atoms with Crippen LogP contribution < -0.4 is 5.32 Å². The average molecular weight is 366 g/mol.